The van der Waals surface area contributed by atoms with Crippen molar-refractivity contribution in [1.82, 2.24) is 0 Å². The largest absolute Gasteiger partial charge is 0.455 e. The predicted octanol–water partition coefficient (Wildman–Crippen LogP) is 0.116. The first-order valence-corrected chi connectivity index (χ1v) is 17.0. The Morgan fingerprint density at radius 2 is 1.59 bits per heavy atom. The van der Waals surface area contributed by atoms with Gasteiger partial charge in [0.1, 0.15) is 36.1 Å². The fourth-order valence-electron chi connectivity index (χ4n) is 9.14. The molecule has 0 amide bonds. The van der Waals surface area contributed by atoms with Crippen molar-refractivity contribution in [3.05, 3.63) is 47.0 Å². The number of ketones is 1. The fraction of sp³-hybridized carbons (Fsp3) is 0.667. The molecule has 2 saturated heterocycles. The molecule has 0 spiro atoms. The van der Waals surface area contributed by atoms with E-state index >= 15 is 4.79 Å². The van der Waals surface area contributed by atoms with Crippen LogP contribution in [-0.2, 0) is 42.8 Å². The van der Waals surface area contributed by atoms with Crippen molar-refractivity contribution in [2.24, 2.45) is 16.7 Å². The maximum Gasteiger partial charge on any atom is 0.338 e. The van der Waals surface area contributed by atoms with Crippen LogP contribution >= 0.6 is 0 Å². The van der Waals surface area contributed by atoms with Crippen LogP contribution in [-0.4, -0.2) is 129 Å². The van der Waals surface area contributed by atoms with Gasteiger partial charge in [-0.05, 0) is 37.1 Å². The summed E-state index contributed by atoms with van der Waals surface area (Å²) in [6.07, 6.45) is -14.3. The highest BCUT2D eigenvalue weighted by Gasteiger charge is 2.78. The van der Waals surface area contributed by atoms with Gasteiger partial charge in [-0.1, -0.05) is 32.0 Å². The van der Waals surface area contributed by atoms with Crippen LogP contribution in [0, 0.1) is 16.7 Å². The Balaban J connectivity index is 1.63. The minimum Gasteiger partial charge on any atom is -0.455 e. The van der Waals surface area contributed by atoms with Gasteiger partial charge < -0.3 is 54.0 Å². The van der Waals surface area contributed by atoms with Crippen molar-refractivity contribution in [1.29, 1.82) is 0 Å². The van der Waals surface area contributed by atoms with Crippen LogP contribution < -0.4 is 0 Å². The summed E-state index contributed by atoms with van der Waals surface area (Å²) in [5, 5.41) is 56.2. The number of Topliss-reactive ketones (excluding diaryl/α,β-unsaturated/α-hetero) is 1. The lowest BCUT2D eigenvalue weighted by atomic mass is 9.44. The molecule has 0 aromatic heterocycles. The molecule has 2 aliphatic heterocycles. The number of aliphatic hydroxyl groups is 5. The summed E-state index contributed by atoms with van der Waals surface area (Å²) in [5.41, 5.74) is -7.06. The van der Waals surface area contributed by atoms with Crippen LogP contribution in [0.25, 0.3) is 0 Å². The maximum absolute atomic E-state index is 15.5. The highest BCUT2D eigenvalue weighted by molar-refractivity contribution is 5.95. The highest BCUT2D eigenvalue weighted by Crippen LogP contribution is 2.65. The number of carbonyl (C=O) groups excluding carboxylic acids is 4. The van der Waals surface area contributed by atoms with E-state index in [1.54, 1.807) is 39.0 Å². The molecule has 0 unspecified atom stereocenters. The molecule has 4 fully saturated rings. The summed E-state index contributed by atoms with van der Waals surface area (Å²) >= 11 is 0. The zero-order valence-electron chi connectivity index (χ0n) is 29.3. The number of hydrogen-bond donors (Lipinski definition) is 5. The van der Waals surface area contributed by atoms with Crippen LogP contribution in [0.5, 0.6) is 0 Å². The number of carbonyl (C=O) groups is 4. The summed E-state index contributed by atoms with van der Waals surface area (Å²) in [7, 11) is 0. The topological polar surface area (TPSA) is 225 Å². The van der Waals surface area contributed by atoms with Crippen LogP contribution in [0.4, 0.5) is 0 Å². The normalized spacial score (nSPS) is 43.0. The Bertz CT molecular complexity index is 1610. The molecular weight excluding hydrogens is 672 g/mol. The number of aliphatic hydroxyl groups excluding tert-OH is 4. The molecule has 280 valence electrons. The number of hydrogen-bond acceptors (Lipinski definition) is 15. The van der Waals surface area contributed by atoms with Crippen LogP contribution in [0.15, 0.2) is 41.5 Å². The smallest absolute Gasteiger partial charge is 0.338 e. The zero-order chi connectivity index (χ0) is 37.4. The molecule has 0 radical (unpaired) electrons. The van der Waals surface area contributed by atoms with Gasteiger partial charge in [0.05, 0.1) is 42.3 Å². The number of ether oxygens (including phenoxy) is 6. The number of esters is 3. The molecule has 13 atom stereocenters. The first-order chi connectivity index (χ1) is 23.8. The molecule has 15 nitrogen and oxygen atoms in total. The van der Waals surface area contributed by atoms with Crippen LogP contribution in [0.1, 0.15) is 64.7 Å². The SMILES string of the molecule is CC(=O)O[C@H]1C(=O)[C@]2(C)[C@@H](O[C@H]3OC[C@@H](O)[C@H](O)[C@H]3O)C[C@H]3OC[C@@]3(OC(C)=O)[C@H]2[C@H](OC(=O)c2ccccc2)[C@]2(O)C[C@H](O)C(C)=C1C2(C)C. The standard InChI is InChI=1S/C36H46O15/c1-16-20(39)13-36(45)30(50-31(44)19-10-8-7-9-11-19)28-34(6,29(43)27(48-17(2)37)24(16)33(36,4)5)22(12-23-35(28,15-47-23)51-18(3)38)49-32-26(42)25(41)21(40)14-46-32/h7-11,20-23,25-28,30,32,39-42,45H,12-15H2,1-6H3/t20-,21+,22-,23+,25-,26+,27+,28-,30-,32+,34+,35-,36+/m0/s1. The van der Waals surface area contributed by atoms with Gasteiger partial charge in [0.2, 0.25) is 0 Å². The second-order valence-electron chi connectivity index (χ2n) is 15.1. The average molecular weight is 719 g/mol. The first-order valence-electron chi connectivity index (χ1n) is 17.0. The van der Waals surface area contributed by atoms with E-state index < -0.39 is 120 Å². The van der Waals surface area contributed by atoms with Crippen LogP contribution in [0.2, 0.25) is 0 Å². The molecule has 6 rings (SSSR count). The third-order valence-corrected chi connectivity index (χ3v) is 11.9. The van der Waals surface area contributed by atoms with Crippen molar-refractivity contribution in [3.8, 4) is 0 Å². The van der Waals surface area contributed by atoms with E-state index in [0.717, 1.165) is 13.8 Å². The maximum atomic E-state index is 15.5. The summed E-state index contributed by atoms with van der Waals surface area (Å²) in [6, 6.07) is 7.91. The van der Waals surface area contributed by atoms with Gasteiger partial charge in [-0.3, -0.25) is 14.4 Å². The molecule has 1 aromatic rings. The molecule has 2 bridgehead atoms. The van der Waals surface area contributed by atoms with Crippen molar-refractivity contribution < 1.29 is 73.1 Å². The molecule has 5 N–H and O–H groups in total. The third-order valence-electron chi connectivity index (χ3n) is 11.9. The van der Waals surface area contributed by atoms with Crippen molar-refractivity contribution in [2.75, 3.05) is 13.2 Å². The van der Waals surface area contributed by atoms with E-state index in [-0.39, 0.29) is 29.7 Å². The predicted molar refractivity (Wildman–Crippen MR) is 171 cm³/mol. The lowest BCUT2D eigenvalue weighted by Gasteiger charge is -2.68. The van der Waals surface area contributed by atoms with E-state index in [2.05, 4.69) is 0 Å². The van der Waals surface area contributed by atoms with Gasteiger partial charge in [0.15, 0.2) is 23.8 Å². The Labute approximate surface area is 294 Å². The molecule has 3 aliphatic carbocycles. The summed E-state index contributed by atoms with van der Waals surface area (Å²) < 4.78 is 36.1. The van der Waals surface area contributed by atoms with Gasteiger partial charge in [-0.25, -0.2) is 4.79 Å². The summed E-state index contributed by atoms with van der Waals surface area (Å²) in [6.45, 7) is 7.75. The molecule has 51 heavy (non-hydrogen) atoms. The lowest BCUT2D eigenvalue weighted by Crippen LogP contribution is -2.82. The Hall–Kier alpha value is -3.28. The summed E-state index contributed by atoms with van der Waals surface area (Å²) in [4.78, 5) is 55.2. The number of benzene rings is 1. The molecule has 15 heteroatoms. The Kier molecular flexibility index (Phi) is 9.54. The number of rotatable bonds is 6. The van der Waals surface area contributed by atoms with Gasteiger partial charge in [0.25, 0.3) is 0 Å². The molecule has 5 aliphatic rings. The second-order valence-corrected chi connectivity index (χ2v) is 15.1. The van der Waals surface area contributed by atoms with Gasteiger partial charge in [0, 0.05) is 32.1 Å². The van der Waals surface area contributed by atoms with Crippen molar-refractivity contribution in [3.63, 3.8) is 0 Å². The van der Waals surface area contributed by atoms with Gasteiger partial charge in [-0.2, -0.15) is 0 Å². The number of fused-ring (bicyclic) bond motifs is 5. The Morgan fingerprint density at radius 1 is 0.922 bits per heavy atom. The third kappa shape index (κ3) is 5.64. The lowest BCUT2D eigenvalue weighted by molar-refractivity contribution is -0.366. The second kappa shape index (κ2) is 13.0. The Morgan fingerprint density at radius 3 is 2.18 bits per heavy atom. The van der Waals surface area contributed by atoms with Crippen molar-refractivity contribution >= 4 is 23.7 Å². The average Bonchev–Trinajstić information content (AvgIpc) is 3.05. The first kappa shape index (κ1) is 37.5. The molecule has 2 saturated carbocycles. The molecular formula is C36H46O15. The zero-order valence-corrected chi connectivity index (χ0v) is 29.3. The van der Waals surface area contributed by atoms with E-state index in [9.17, 15) is 39.9 Å². The van der Waals surface area contributed by atoms with Gasteiger partial charge in [-0.15, -0.1) is 0 Å². The van der Waals surface area contributed by atoms with Gasteiger partial charge >= 0.3 is 17.9 Å². The van der Waals surface area contributed by atoms with E-state index in [1.807, 2.05) is 0 Å². The molecule has 1 aromatic carbocycles. The monoisotopic (exact) mass is 718 g/mol. The highest BCUT2D eigenvalue weighted by atomic mass is 16.7. The molecule has 2 heterocycles. The minimum absolute atomic E-state index is 0.0872. The quantitative estimate of drug-likeness (QED) is 0.150. The fourth-order valence-corrected chi connectivity index (χ4v) is 9.14. The van der Waals surface area contributed by atoms with E-state index in [4.69, 9.17) is 28.4 Å². The van der Waals surface area contributed by atoms with Crippen molar-refractivity contribution in [2.45, 2.75) is 121 Å². The summed E-state index contributed by atoms with van der Waals surface area (Å²) in [5.74, 6) is -4.80. The van der Waals surface area contributed by atoms with E-state index in [0.29, 0.717) is 0 Å². The minimum atomic E-state index is -2.23. The van der Waals surface area contributed by atoms with Crippen LogP contribution in [0.3, 0.4) is 0 Å². The van der Waals surface area contributed by atoms with E-state index in [1.165, 1.54) is 19.1 Å².